The number of benzene rings is 7. The SMILES string of the molecule is CC1(C)c2ccccc2-c2cc(-n3c4ccc5ccccc5c4c4ccc5c6ccccc6n(-c6ccccc6)c5c43)ccc21. The van der Waals surface area contributed by atoms with Gasteiger partial charge in [-0.25, -0.2) is 0 Å². The van der Waals surface area contributed by atoms with Crippen LogP contribution in [0.25, 0.3) is 76.9 Å². The molecule has 0 bridgehead atoms. The lowest BCUT2D eigenvalue weighted by molar-refractivity contribution is 0.660. The lowest BCUT2D eigenvalue weighted by Crippen LogP contribution is -2.14. The van der Waals surface area contributed by atoms with E-state index in [0.717, 1.165) is 0 Å². The minimum Gasteiger partial charge on any atom is -0.307 e. The molecule has 212 valence electrons. The molecule has 10 rings (SSSR count). The summed E-state index contributed by atoms with van der Waals surface area (Å²) in [5.41, 5.74) is 12.7. The summed E-state index contributed by atoms with van der Waals surface area (Å²) in [6.07, 6.45) is 0. The van der Waals surface area contributed by atoms with Crippen molar-refractivity contribution >= 4 is 54.4 Å². The fourth-order valence-electron chi connectivity index (χ4n) is 8.28. The van der Waals surface area contributed by atoms with Gasteiger partial charge in [0, 0.05) is 38.3 Å². The molecule has 2 heterocycles. The summed E-state index contributed by atoms with van der Waals surface area (Å²) in [6.45, 7) is 4.71. The second-order valence-electron chi connectivity index (χ2n) is 13.0. The molecular weight excluding hydrogens is 544 g/mol. The molecular formula is C43H30N2. The van der Waals surface area contributed by atoms with Crippen LogP contribution in [0.2, 0.25) is 0 Å². The van der Waals surface area contributed by atoms with Crippen LogP contribution >= 0.6 is 0 Å². The third kappa shape index (κ3) is 3.18. The molecule has 0 atom stereocenters. The van der Waals surface area contributed by atoms with Crippen molar-refractivity contribution in [2.24, 2.45) is 0 Å². The highest BCUT2D eigenvalue weighted by Crippen LogP contribution is 2.50. The van der Waals surface area contributed by atoms with Gasteiger partial charge in [-0.2, -0.15) is 0 Å². The summed E-state index contributed by atoms with van der Waals surface area (Å²) in [6, 6.07) is 53.8. The van der Waals surface area contributed by atoms with Crippen LogP contribution in [0.5, 0.6) is 0 Å². The summed E-state index contributed by atoms with van der Waals surface area (Å²) in [7, 11) is 0. The Labute approximate surface area is 261 Å². The van der Waals surface area contributed by atoms with Crippen LogP contribution in [0.4, 0.5) is 0 Å². The van der Waals surface area contributed by atoms with E-state index in [1.54, 1.807) is 0 Å². The molecule has 45 heavy (non-hydrogen) atoms. The first-order chi connectivity index (χ1) is 22.1. The minimum absolute atomic E-state index is 0.0333. The zero-order valence-electron chi connectivity index (χ0n) is 25.3. The van der Waals surface area contributed by atoms with E-state index in [-0.39, 0.29) is 5.41 Å². The number of fused-ring (bicyclic) bond motifs is 12. The van der Waals surface area contributed by atoms with E-state index < -0.39 is 0 Å². The molecule has 1 aliphatic carbocycles. The van der Waals surface area contributed by atoms with Crippen molar-refractivity contribution in [2.45, 2.75) is 19.3 Å². The van der Waals surface area contributed by atoms with Crippen LogP contribution < -0.4 is 0 Å². The maximum atomic E-state index is 2.53. The Morgan fingerprint density at radius 2 is 1.09 bits per heavy atom. The molecule has 0 saturated heterocycles. The summed E-state index contributed by atoms with van der Waals surface area (Å²) in [5, 5.41) is 7.66. The van der Waals surface area contributed by atoms with Gasteiger partial charge in [-0.1, -0.05) is 123 Å². The molecule has 0 aliphatic heterocycles. The highest BCUT2D eigenvalue weighted by atomic mass is 15.0. The summed E-state index contributed by atoms with van der Waals surface area (Å²) in [4.78, 5) is 0. The van der Waals surface area contributed by atoms with Crippen LogP contribution in [0.1, 0.15) is 25.0 Å². The first kappa shape index (κ1) is 24.8. The molecule has 1 aliphatic rings. The Hall–Kier alpha value is -5.60. The first-order valence-electron chi connectivity index (χ1n) is 15.8. The summed E-state index contributed by atoms with van der Waals surface area (Å²) >= 11 is 0. The average Bonchev–Trinajstić information content (AvgIpc) is 3.69. The topological polar surface area (TPSA) is 9.86 Å². The van der Waals surface area contributed by atoms with Crippen molar-refractivity contribution in [1.29, 1.82) is 0 Å². The molecule has 7 aromatic carbocycles. The Bertz CT molecular complexity index is 2670. The van der Waals surface area contributed by atoms with Gasteiger partial charge in [0.05, 0.1) is 22.1 Å². The van der Waals surface area contributed by atoms with E-state index in [1.807, 2.05) is 0 Å². The number of nitrogens with zero attached hydrogens (tertiary/aromatic N) is 2. The monoisotopic (exact) mass is 574 g/mol. The van der Waals surface area contributed by atoms with Crippen LogP contribution in [0.15, 0.2) is 146 Å². The number of rotatable bonds is 2. The highest BCUT2D eigenvalue weighted by Gasteiger charge is 2.35. The summed E-state index contributed by atoms with van der Waals surface area (Å²) < 4.78 is 5.00. The van der Waals surface area contributed by atoms with Gasteiger partial charge in [-0.05, 0) is 69.4 Å². The van der Waals surface area contributed by atoms with E-state index in [0.29, 0.717) is 0 Å². The van der Waals surface area contributed by atoms with Crippen molar-refractivity contribution in [3.8, 4) is 22.5 Å². The van der Waals surface area contributed by atoms with E-state index >= 15 is 0 Å². The number of para-hydroxylation sites is 2. The predicted octanol–water partition coefficient (Wildman–Crippen LogP) is 11.3. The fourth-order valence-corrected chi connectivity index (χ4v) is 8.28. The first-order valence-corrected chi connectivity index (χ1v) is 15.8. The van der Waals surface area contributed by atoms with E-state index in [9.17, 15) is 0 Å². The fraction of sp³-hybridized carbons (Fsp3) is 0.0698. The van der Waals surface area contributed by atoms with Gasteiger partial charge in [-0.3, -0.25) is 0 Å². The Morgan fingerprint density at radius 1 is 0.422 bits per heavy atom. The van der Waals surface area contributed by atoms with Gasteiger partial charge in [0.1, 0.15) is 0 Å². The average molecular weight is 575 g/mol. The van der Waals surface area contributed by atoms with Gasteiger partial charge < -0.3 is 9.13 Å². The van der Waals surface area contributed by atoms with E-state index in [1.165, 1.54) is 88.0 Å². The molecule has 0 spiro atoms. The molecule has 0 amide bonds. The zero-order chi connectivity index (χ0) is 29.9. The maximum absolute atomic E-state index is 2.53. The Balaban J connectivity index is 1.43. The number of hydrogen-bond donors (Lipinski definition) is 0. The van der Waals surface area contributed by atoms with Gasteiger partial charge in [0.2, 0.25) is 0 Å². The lowest BCUT2D eigenvalue weighted by atomic mass is 9.82. The van der Waals surface area contributed by atoms with Crippen molar-refractivity contribution in [2.75, 3.05) is 0 Å². The second kappa shape index (κ2) is 8.74. The molecule has 0 fully saturated rings. The Morgan fingerprint density at radius 3 is 1.98 bits per heavy atom. The van der Waals surface area contributed by atoms with Crippen molar-refractivity contribution in [3.63, 3.8) is 0 Å². The van der Waals surface area contributed by atoms with Crippen LogP contribution in [-0.2, 0) is 5.41 Å². The Kier molecular flexibility index (Phi) is 4.82. The molecule has 2 aromatic heterocycles. The normalized spacial score (nSPS) is 13.7. The largest absolute Gasteiger partial charge is 0.307 e. The number of aromatic nitrogens is 2. The van der Waals surface area contributed by atoms with E-state index in [2.05, 4.69) is 169 Å². The standard InChI is InChI=1S/C43H30N2/c1-43(2)36-18-10-8-16-31(36)35-26-29(21-24-37(35)43)45-39-25-20-27-12-6-7-15-30(27)40(39)34-23-22-33-32-17-9-11-19-38(32)44(41(33)42(34)45)28-13-4-3-5-14-28/h3-26H,1-2H3. The zero-order valence-corrected chi connectivity index (χ0v) is 25.3. The van der Waals surface area contributed by atoms with Gasteiger partial charge in [0.15, 0.2) is 0 Å². The van der Waals surface area contributed by atoms with Gasteiger partial charge >= 0.3 is 0 Å². The molecule has 2 nitrogen and oxygen atoms in total. The van der Waals surface area contributed by atoms with Crippen molar-refractivity contribution in [1.82, 2.24) is 9.13 Å². The molecule has 2 heteroatoms. The van der Waals surface area contributed by atoms with Crippen LogP contribution in [0.3, 0.4) is 0 Å². The van der Waals surface area contributed by atoms with Crippen LogP contribution in [0, 0.1) is 0 Å². The van der Waals surface area contributed by atoms with Gasteiger partial charge in [0.25, 0.3) is 0 Å². The lowest BCUT2D eigenvalue weighted by Gasteiger charge is -2.21. The predicted molar refractivity (Wildman–Crippen MR) is 190 cm³/mol. The van der Waals surface area contributed by atoms with E-state index in [4.69, 9.17) is 0 Å². The smallest absolute Gasteiger partial charge is 0.0789 e. The molecule has 0 unspecified atom stereocenters. The second-order valence-corrected chi connectivity index (χ2v) is 13.0. The molecule has 9 aromatic rings. The van der Waals surface area contributed by atoms with Crippen molar-refractivity contribution in [3.05, 3.63) is 157 Å². The maximum Gasteiger partial charge on any atom is 0.0789 e. The third-order valence-electron chi connectivity index (χ3n) is 10.3. The highest BCUT2D eigenvalue weighted by molar-refractivity contribution is 6.28. The third-order valence-corrected chi connectivity index (χ3v) is 10.3. The molecule has 0 radical (unpaired) electrons. The minimum atomic E-state index is -0.0333. The molecule has 0 saturated carbocycles. The van der Waals surface area contributed by atoms with Crippen molar-refractivity contribution < 1.29 is 0 Å². The van der Waals surface area contributed by atoms with Crippen LogP contribution in [-0.4, -0.2) is 9.13 Å². The summed E-state index contributed by atoms with van der Waals surface area (Å²) in [5.74, 6) is 0. The number of hydrogen-bond acceptors (Lipinski definition) is 0. The quantitative estimate of drug-likeness (QED) is 0.194. The molecule has 0 N–H and O–H groups in total. The van der Waals surface area contributed by atoms with Gasteiger partial charge in [-0.15, -0.1) is 0 Å².